The fourth-order valence-corrected chi connectivity index (χ4v) is 3.72. The summed E-state index contributed by atoms with van der Waals surface area (Å²) in [5, 5.41) is 10.5. The molecule has 4 N–H and O–H groups in total. The summed E-state index contributed by atoms with van der Waals surface area (Å²) < 4.78 is 26.0. The Morgan fingerprint density at radius 2 is 1.94 bits per heavy atom. The molecule has 10 heteroatoms. The number of hydrogen-bond donors (Lipinski definition) is 3. The number of fused-ring (bicyclic) bond motifs is 1. The summed E-state index contributed by atoms with van der Waals surface area (Å²) in [5.74, 6) is 1.60. The van der Waals surface area contributed by atoms with Crippen LogP contribution in [-0.2, 0) is 0 Å². The van der Waals surface area contributed by atoms with Crippen molar-refractivity contribution >= 4 is 28.5 Å². The van der Waals surface area contributed by atoms with Crippen LogP contribution in [-0.4, -0.2) is 58.4 Å². The zero-order valence-electron chi connectivity index (χ0n) is 19.4. The number of rotatable bonds is 10. The predicted octanol–water partition coefficient (Wildman–Crippen LogP) is 4.21. The second-order valence-electron chi connectivity index (χ2n) is 7.59. The Labute approximate surface area is 197 Å². The molecule has 4 rings (SSSR count). The largest absolute Gasteiger partial charge is 0.493 e. The van der Waals surface area contributed by atoms with Crippen molar-refractivity contribution in [1.29, 1.82) is 0 Å². The molecular formula is C24H28FN7O2. The molecule has 0 bridgehead atoms. The lowest BCUT2D eigenvalue weighted by Gasteiger charge is -2.19. The zero-order valence-corrected chi connectivity index (χ0v) is 19.4. The van der Waals surface area contributed by atoms with E-state index in [9.17, 15) is 4.39 Å². The topological polar surface area (TPSA) is 114 Å². The molecule has 0 atom stereocenters. The fraction of sp³-hybridized carbons (Fsp3) is 0.292. The summed E-state index contributed by atoms with van der Waals surface area (Å²) in [4.78, 5) is 10.8. The van der Waals surface area contributed by atoms with Gasteiger partial charge in [-0.1, -0.05) is 26.0 Å². The SMILES string of the molecule is CCN(CC)CCOc1cc(-c2cnc(N)nc2Nc2n[nH]c3cccc(F)c23)ccc1OC. The first-order valence-electron chi connectivity index (χ1n) is 11.1. The first-order valence-corrected chi connectivity index (χ1v) is 11.1. The third-order valence-corrected chi connectivity index (χ3v) is 5.62. The van der Waals surface area contributed by atoms with Crippen molar-refractivity contribution in [2.75, 3.05) is 44.4 Å². The Bertz CT molecular complexity index is 1270. The van der Waals surface area contributed by atoms with Crippen molar-refractivity contribution in [3.8, 4) is 22.6 Å². The van der Waals surface area contributed by atoms with Crippen molar-refractivity contribution < 1.29 is 13.9 Å². The van der Waals surface area contributed by atoms with Gasteiger partial charge in [0.2, 0.25) is 5.95 Å². The van der Waals surface area contributed by atoms with Gasteiger partial charge in [0.05, 0.1) is 18.0 Å². The third kappa shape index (κ3) is 4.86. The molecule has 0 fully saturated rings. The van der Waals surface area contributed by atoms with Gasteiger partial charge < -0.3 is 25.4 Å². The number of nitrogens with one attached hydrogen (secondary N) is 2. The molecule has 0 saturated heterocycles. The standard InChI is InChI=1S/C24H28FN7O2/c1-4-32(5-2)11-12-34-20-13-15(9-10-19(20)33-3)16-14-27-24(26)29-22(16)28-23-21-17(25)7-6-8-18(21)30-31-23/h6-10,13-14H,4-5,11-12H2,1-3H3,(H4,26,27,28,29,30,31). The first kappa shape index (κ1) is 23.2. The van der Waals surface area contributed by atoms with Gasteiger partial charge in [0.25, 0.3) is 0 Å². The molecule has 9 nitrogen and oxygen atoms in total. The number of likely N-dealkylation sites (N-methyl/N-ethyl adjacent to an activating group) is 1. The van der Waals surface area contributed by atoms with Crippen LogP contribution in [0.1, 0.15) is 13.8 Å². The lowest BCUT2D eigenvalue weighted by Crippen LogP contribution is -2.27. The molecular weight excluding hydrogens is 437 g/mol. The van der Waals surface area contributed by atoms with Crippen LogP contribution in [0.4, 0.5) is 22.0 Å². The predicted molar refractivity (Wildman–Crippen MR) is 131 cm³/mol. The third-order valence-electron chi connectivity index (χ3n) is 5.62. The zero-order chi connectivity index (χ0) is 24.1. The minimum atomic E-state index is -0.398. The van der Waals surface area contributed by atoms with E-state index in [1.54, 1.807) is 25.4 Å². The van der Waals surface area contributed by atoms with Gasteiger partial charge in [-0.3, -0.25) is 5.10 Å². The molecule has 2 aromatic heterocycles. The van der Waals surface area contributed by atoms with Gasteiger partial charge in [-0.25, -0.2) is 9.37 Å². The number of aromatic amines is 1. The van der Waals surface area contributed by atoms with Gasteiger partial charge >= 0.3 is 0 Å². The molecule has 0 amide bonds. The molecule has 0 aliphatic rings. The molecule has 0 unspecified atom stereocenters. The summed E-state index contributed by atoms with van der Waals surface area (Å²) in [7, 11) is 1.60. The fourth-order valence-electron chi connectivity index (χ4n) is 3.72. The molecule has 0 radical (unpaired) electrons. The van der Waals surface area contributed by atoms with Gasteiger partial charge in [0, 0.05) is 18.3 Å². The quantitative estimate of drug-likeness (QED) is 0.319. The molecule has 0 saturated carbocycles. The van der Waals surface area contributed by atoms with Crippen LogP contribution < -0.4 is 20.5 Å². The molecule has 0 spiro atoms. The summed E-state index contributed by atoms with van der Waals surface area (Å²) in [6, 6.07) is 10.3. The van der Waals surface area contributed by atoms with Crippen LogP contribution in [0.2, 0.25) is 0 Å². The number of nitrogens with two attached hydrogens (primary N) is 1. The minimum Gasteiger partial charge on any atom is -0.493 e. The molecule has 0 aliphatic carbocycles. The van der Waals surface area contributed by atoms with Gasteiger partial charge in [-0.2, -0.15) is 10.1 Å². The van der Waals surface area contributed by atoms with Gasteiger partial charge in [-0.15, -0.1) is 0 Å². The van der Waals surface area contributed by atoms with E-state index >= 15 is 0 Å². The van der Waals surface area contributed by atoms with Crippen LogP contribution in [0.3, 0.4) is 0 Å². The van der Waals surface area contributed by atoms with Crippen molar-refractivity contribution in [2.24, 2.45) is 0 Å². The Balaban J connectivity index is 1.67. The number of halogens is 1. The van der Waals surface area contributed by atoms with Crippen LogP contribution in [0, 0.1) is 5.82 Å². The summed E-state index contributed by atoms with van der Waals surface area (Å²) in [6.45, 7) is 7.47. The van der Waals surface area contributed by atoms with E-state index in [1.807, 2.05) is 18.2 Å². The highest BCUT2D eigenvalue weighted by Crippen LogP contribution is 2.36. The summed E-state index contributed by atoms with van der Waals surface area (Å²) in [5.41, 5.74) is 7.86. The van der Waals surface area contributed by atoms with Crippen LogP contribution in [0.15, 0.2) is 42.6 Å². The Hall–Kier alpha value is -3.92. The highest BCUT2D eigenvalue weighted by Gasteiger charge is 2.16. The highest BCUT2D eigenvalue weighted by atomic mass is 19.1. The van der Waals surface area contributed by atoms with E-state index in [0.29, 0.717) is 46.2 Å². The number of hydrogen-bond acceptors (Lipinski definition) is 8. The van der Waals surface area contributed by atoms with E-state index in [2.05, 4.69) is 44.2 Å². The number of benzene rings is 2. The highest BCUT2D eigenvalue weighted by molar-refractivity contribution is 5.93. The average molecular weight is 466 g/mol. The Morgan fingerprint density at radius 3 is 2.71 bits per heavy atom. The van der Waals surface area contributed by atoms with E-state index in [1.165, 1.54) is 6.07 Å². The average Bonchev–Trinajstić information content (AvgIpc) is 3.26. The number of aromatic nitrogens is 4. The number of H-pyrrole nitrogens is 1. The maximum absolute atomic E-state index is 14.5. The lowest BCUT2D eigenvalue weighted by atomic mass is 10.1. The van der Waals surface area contributed by atoms with Crippen molar-refractivity contribution in [3.05, 3.63) is 48.4 Å². The van der Waals surface area contributed by atoms with Gasteiger partial charge in [-0.05, 0) is 42.9 Å². The minimum absolute atomic E-state index is 0.0794. The summed E-state index contributed by atoms with van der Waals surface area (Å²) in [6.07, 6.45) is 1.61. The summed E-state index contributed by atoms with van der Waals surface area (Å²) >= 11 is 0. The van der Waals surface area contributed by atoms with E-state index in [0.717, 1.165) is 25.2 Å². The van der Waals surface area contributed by atoms with E-state index in [4.69, 9.17) is 15.2 Å². The second-order valence-corrected chi connectivity index (χ2v) is 7.59. The number of ether oxygens (including phenoxy) is 2. The molecule has 2 heterocycles. The second kappa shape index (κ2) is 10.3. The lowest BCUT2D eigenvalue weighted by molar-refractivity contribution is 0.217. The Kier molecular flexibility index (Phi) is 7.07. The van der Waals surface area contributed by atoms with Gasteiger partial charge in [0.1, 0.15) is 18.2 Å². The van der Waals surface area contributed by atoms with Crippen LogP contribution in [0.25, 0.3) is 22.0 Å². The van der Waals surface area contributed by atoms with Crippen molar-refractivity contribution in [3.63, 3.8) is 0 Å². The van der Waals surface area contributed by atoms with Gasteiger partial charge in [0.15, 0.2) is 17.3 Å². The number of anilines is 3. The number of methoxy groups -OCH3 is 1. The molecule has 0 aliphatic heterocycles. The first-order chi connectivity index (χ1) is 16.5. The maximum Gasteiger partial charge on any atom is 0.221 e. The van der Waals surface area contributed by atoms with Crippen LogP contribution in [0.5, 0.6) is 11.5 Å². The van der Waals surface area contributed by atoms with Crippen molar-refractivity contribution in [2.45, 2.75) is 13.8 Å². The molecule has 2 aromatic carbocycles. The smallest absolute Gasteiger partial charge is 0.221 e. The van der Waals surface area contributed by atoms with Crippen molar-refractivity contribution in [1.82, 2.24) is 25.1 Å². The number of nitrogen functional groups attached to an aromatic ring is 1. The molecule has 178 valence electrons. The Morgan fingerprint density at radius 1 is 1.12 bits per heavy atom. The monoisotopic (exact) mass is 465 g/mol. The molecule has 4 aromatic rings. The van der Waals surface area contributed by atoms with E-state index in [-0.39, 0.29) is 5.95 Å². The number of nitrogens with zero attached hydrogens (tertiary/aromatic N) is 4. The van der Waals surface area contributed by atoms with Crippen LogP contribution >= 0.6 is 0 Å². The normalized spacial score (nSPS) is 11.2. The maximum atomic E-state index is 14.5. The van der Waals surface area contributed by atoms with E-state index < -0.39 is 5.82 Å². The molecule has 34 heavy (non-hydrogen) atoms.